The van der Waals surface area contributed by atoms with E-state index in [0.29, 0.717) is 25.1 Å². The van der Waals surface area contributed by atoms with Crippen LogP contribution in [-0.4, -0.2) is 42.0 Å². The largest absolute Gasteiger partial charge is 0.407 e. The third-order valence-corrected chi connectivity index (χ3v) is 2.99. The second kappa shape index (κ2) is 8.33. The average Bonchev–Trinajstić information content (AvgIpc) is 2.99. The highest BCUT2D eigenvalue weighted by molar-refractivity contribution is 5.27. The quantitative estimate of drug-likeness (QED) is 0.696. The van der Waals surface area contributed by atoms with Crippen LogP contribution in [-0.2, 0) is 17.8 Å². The number of nitrogens with zero attached hydrogens (tertiary/aromatic N) is 4. The second-order valence-corrected chi connectivity index (χ2v) is 4.52. The average molecular weight is 291 g/mol. The summed E-state index contributed by atoms with van der Waals surface area (Å²) < 4.78 is 10.6. The fourth-order valence-electron chi connectivity index (χ4n) is 1.84. The molecule has 0 amide bonds. The van der Waals surface area contributed by atoms with E-state index in [2.05, 4.69) is 27.4 Å². The monoisotopic (exact) mass is 291 g/mol. The summed E-state index contributed by atoms with van der Waals surface area (Å²) >= 11 is 0. The zero-order chi connectivity index (χ0) is 14.9. The number of hydrogen-bond acceptors (Lipinski definition) is 7. The lowest BCUT2D eigenvalue weighted by Gasteiger charge is -2.17. The first kappa shape index (κ1) is 15.4. The summed E-state index contributed by atoms with van der Waals surface area (Å²) in [6.45, 7) is 5.52. The van der Waals surface area contributed by atoms with Crippen LogP contribution < -0.4 is 10.2 Å². The van der Waals surface area contributed by atoms with Gasteiger partial charge in [-0.2, -0.15) is 0 Å². The molecule has 0 spiro atoms. The van der Waals surface area contributed by atoms with Crippen molar-refractivity contribution in [3.63, 3.8) is 0 Å². The van der Waals surface area contributed by atoms with Crippen LogP contribution in [0.15, 0.2) is 28.9 Å². The van der Waals surface area contributed by atoms with Crippen molar-refractivity contribution in [1.29, 1.82) is 0 Å². The zero-order valence-corrected chi connectivity index (χ0v) is 12.5. The lowest BCUT2D eigenvalue weighted by Crippen LogP contribution is -2.22. The predicted octanol–water partition coefficient (Wildman–Crippen LogP) is 1.23. The van der Waals surface area contributed by atoms with Crippen LogP contribution in [0.1, 0.15) is 18.4 Å². The molecule has 2 aromatic rings. The van der Waals surface area contributed by atoms with Gasteiger partial charge in [0, 0.05) is 39.1 Å². The van der Waals surface area contributed by atoms with E-state index in [9.17, 15) is 0 Å². The molecule has 0 aliphatic rings. The van der Waals surface area contributed by atoms with E-state index in [0.717, 1.165) is 25.2 Å². The number of aromatic nitrogens is 3. The van der Waals surface area contributed by atoms with Crippen molar-refractivity contribution < 1.29 is 9.15 Å². The number of anilines is 1. The maximum atomic E-state index is 5.67. The number of nitrogens with one attached hydrogen (secondary N) is 1. The maximum Gasteiger partial charge on any atom is 0.318 e. The Balaban J connectivity index is 1.91. The van der Waals surface area contributed by atoms with Gasteiger partial charge in [0.15, 0.2) is 0 Å². The van der Waals surface area contributed by atoms with Crippen LogP contribution in [0.25, 0.3) is 0 Å². The Hall–Kier alpha value is -1.99. The van der Waals surface area contributed by atoms with Gasteiger partial charge in [-0.3, -0.25) is 4.98 Å². The lowest BCUT2D eigenvalue weighted by atomic mass is 10.2. The van der Waals surface area contributed by atoms with Gasteiger partial charge in [-0.1, -0.05) is 5.10 Å². The molecular weight excluding hydrogens is 270 g/mol. The molecule has 7 heteroatoms. The van der Waals surface area contributed by atoms with Gasteiger partial charge < -0.3 is 19.4 Å². The molecule has 0 atom stereocenters. The molecule has 0 aliphatic heterocycles. The van der Waals surface area contributed by atoms with Crippen molar-refractivity contribution >= 4 is 6.01 Å². The Morgan fingerprint density at radius 1 is 1.29 bits per heavy atom. The zero-order valence-electron chi connectivity index (χ0n) is 12.5. The molecular formula is C14H21N5O2. The normalized spacial score (nSPS) is 10.8. The van der Waals surface area contributed by atoms with Crippen molar-refractivity contribution in [1.82, 2.24) is 20.5 Å². The summed E-state index contributed by atoms with van der Waals surface area (Å²) in [5, 5.41) is 11.3. The van der Waals surface area contributed by atoms with Gasteiger partial charge >= 0.3 is 6.01 Å². The minimum atomic E-state index is 0.540. The first-order valence-corrected chi connectivity index (χ1v) is 6.99. The molecule has 0 fully saturated rings. The van der Waals surface area contributed by atoms with Crippen molar-refractivity contribution in [2.45, 2.75) is 20.0 Å². The molecule has 0 saturated heterocycles. The SMILES string of the molecule is CCN(Cc1ccncc1)c1nnc(CNCCOC)o1. The van der Waals surface area contributed by atoms with Crippen molar-refractivity contribution in [3.05, 3.63) is 36.0 Å². The van der Waals surface area contributed by atoms with E-state index in [4.69, 9.17) is 9.15 Å². The van der Waals surface area contributed by atoms with Gasteiger partial charge in [0.05, 0.1) is 13.2 Å². The van der Waals surface area contributed by atoms with Crippen LogP contribution in [0.3, 0.4) is 0 Å². The fraction of sp³-hybridized carbons (Fsp3) is 0.500. The summed E-state index contributed by atoms with van der Waals surface area (Å²) in [5.74, 6) is 0.578. The highest BCUT2D eigenvalue weighted by Crippen LogP contribution is 2.15. The molecule has 0 aromatic carbocycles. The summed E-state index contributed by atoms with van der Waals surface area (Å²) in [6.07, 6.45) is 3.56. The minimum absolute atomic E-state index is 0.540. The maximum absolute atomic E-state index is 5.67. The van der Waals surface area contributed by atoms with Gasteiger partial charge in [0.2, 0.25) is 5.89 Å². The molecule has 0 radical (unpaired) electrons. The van der Waals surface area contributed by atoms with Crippen molar-refractivity contribution in [2.24, 2.45) is 0 Å². The van der Waals surface area contributed by atoms with Gasteiger partial charge in [-0.15, -0.1) is 5.10 Å². The summed E-state index contributed by atoms with van der Waals surface area (Å²) in [5.41, 5.74) is 1.16. The lowest BCUT2D eigenvalue weighted by molar-refractivity contribution is 0.198. The number of hydrogen-bond donors (Lipinski definition) is 1. The first-order chi connectivity index (χ1) is 10.3. The Bertz CT molecular complexity index is 517. The van der Waals surface area contributed by atoms with Crippen LogP contribution in [0.4, 0.5) is 6.01 Å². The molecule has 0 bridgehead atoms. The molecule has 114 valence electrons. The van der Waals surface area contributed by atoms with E-state index >= 15 is 0 Å². The van der Waals surface area contributed by atoms with Gasteiger partial charge in [-0.25, -0.2) is 0 Å². The van der Waals surface area contributed by atoms with E-state index in [-0.39, 0.29) is 0 Å². The highest BCUT2D eigenvalue weighted by atomic mass is 16.5. The summed E-state index contributed by atoms with van der Waals surface area (Å²) in [4.78, 5) is 6.04. The first-order valence-electron chi connectivity index (χ1n) is 6.99. The van der Waals surface area contributed by atoms with E-state index in [1.807, 2.05) is 17.0 Å². The third kappa shape index (κ3) is 4.80. The number of ether oxygens (including phenoxy) is 1. The van der Waals surface area contributed by atoms with Crippen LogP contribution in [0.5, 0.6) is 0 Å². The molecule has 21 heavy (non-hydrogen) atoms. The molecule has 0 saturated carbocycles. The van der Waals surface area contributed by atoms with Crippen molar-refractivity contribution in [2.75, 3.05) is 31.7 Å². The Morgan fingerprint density at radius 3 is 2.81 bits per heavy atom. The fourth-order valence-corrected chi connectivity index (χ4v) is 1.84. The van der Waals surface area contributed by atoms with Gasteiger partial charge in [0.1, 0.15) is 0 Å². The third-order valence-electron chi connectivity index (χ3n) is 2.99. The Kier molecular flexibility index (Phi) is 6.11. The molecule has 2 rings (SSSR count). The van der Waals surface area contributed by atoms with Crippen LogP contribution >= 0.6 is 0 Å². The number of methoxy groups -OCH3 is 1. The van der Waals surface area contributed by atoms with Crippen molar-refractivity contribution in [3.8, 4) is 0 Å². The Morgan fingerprint density at radius 2 is 2.10 bits per heavy atom. The molecule has 1 N–H and O–H groups in total. The predicted molar refractivity (Wildman–Crippen MR) is 78.8 cm³/mol. The molecule has 0 aliphatic carbocycles. The summed E-state index contributed by atoms with van der Waals surface area (Å²) in [6, 6.07) is 4.50. The second-order valence-electron chi connectivity index (χ2n) is 4.52. The standard InChI is InChI=1S/C14H21N5O2/c1-3-19(11-12-4-6-15-7-5-12)14-18-17-13(21-14)10-16-8-9-20-2/h4-7,16H,3,8-11H2,1-2H3. The number of rotatable bonds is 9. The van der Waals surface area contributed by atoms with E-state index < -0.39 is 0 Å². The molecule has 0 unspecified atom stereocenters. The molecule has 7 nitrogen and oxygen atoms in total. The van der Waals surface area contributed by atoms with Crippen LogP contribution in [0.2, 0.25) is 0 Å². The molecule has 2 heterocycles. The summed E-state index contributed by atoms with van der Waals surface area (Å²) in [7, 11) is 1.67. The molecule has 2 aromatic heterocycles. The Labute approximate surface area is 124 Å². The van der Waals surface area contributed by atoms with E-state index in [1.54, 1.807) is 19.5 Å². The van der Waals surface area contributed by atoms with Crippen LogP contribution in [0, 0.1) is 0 Å². The number of pyridine rings is 1. The minimum Gasteiger partial charge on any atom is -0.407 e. The smallest absolute Gasteiger partial charge is 0.318 e. The van der Waals surface area contributed by atoms with E-state index in [1.165, 1.54) is 0 Å². The highest BCUT2D eigenvalue weighted by Gasteiger charge is 2.13. The topological polar surface area (TPSA) is 76.3 Å². The van der Waals surface area contributed by atoms with Gasteiger partial charge in [-0.05, 0) is 24.6 Å². The van der Waals surface area contributed by atoms with Gasteiger partial charge in [0.25, 0.3) is 0 Å².